The van der Waals surface area contributed by atoms with Crippen molar-refractivity contribution >= 4 is 23.9 Å². The number of ether oxygens (including phenoxy) is 3. The molecule has 2 saturated heterocycles. The third-order valence-electron chi connectivity index (χ3n) is 4.91. The van der Waals surface area contributed by atoms with E-state index in [0.29, 0.717) is 0 Å². The Morgan fingerprint density at radius 1 is 0.950 bits per heavy atom. The van der Waals surface area contributed by atoms with Gasteiger partial charge >= 0.3 is 23.9 Å². The summed E-state index contributed by atoms with van der Waals surface area (Å²) in [5, 5.41) is 0. The van der Waals surface area contributed by atoms with Crippen molar-refractivity contribution in [2.75, 3.05) is 7.11 Å². The maximum atomic E-state index is 12.0. The van der Waals surface area contributed by atoms with Gasteiger partial charge in [-0.25, -0.2) is 0 Å². The zero-order valence-electron chi connectivity index (χ0n) is 10.4. The Kier molecular flexibility index (Phi) is 1.97. The quantitative estimate of drug-likeness (QED) is 0.352. The van der Waals surface area contributed by atoms with E-state index in [1.54, 1.807) is 12.2 Å². The number of hydrogen-bond acceptors (Lipinski definition) is 7. The second kappa shape index (κ2) is 3.35. The molecule has 0 aromatic rings. The molecule has 3 fully saturated rings. The first kappa shape index (κ1) is 11.8. The van der Waals surface area contributed by atoms with Gasteiger partial charge in [0.2, 0.25) is 0 Å². The molecular weight excluding hydrogens is 268 g/mol. The maximum absolute atomic E-state index is 12.0. The Hall–Kier alpha value is -2.02. The first-order valence-corrected chi connectivity index (χ1v) is 6.27. The third kappa shape index (κ3) is 1.03. The van der Waals surface area contributed by atoms with Gasteiger partial charge < -0.3 is 14.2 Å². The Morgan fingerprint density at radius 3 is 1.90 bits per heavy atom. The lowest BCUT2D eigenvalue weighted by Crippen LogP contribution is -2.62. The SMILES string of the molecule is COC12C=CC([C@H]3C(=O)OC(=O)[C@H]31)[C@@H]1C(=O)OC(=O)[C@@H]12. The van der Waals surface area contributed by atoms with Gasteiger partial charge in [-0.15, -0.1) is 0 Å². The molecule has 7 heteroatoms. The van der Waals surface area contributed by atoms with Crippen molar-refractivity contribution in [2.45, 2.75) is 5.60 Å². The van der Waals surface area contributed by atoms with E-state index in [4.69, 9.17) is 14.2 Å². The molecule has 2 aliphatic heterocycles. The van der Waals surface area contributed by atoms with Crippen molar-refractivity contribution < 1.29 is 33.4 Å². The van der Waals surface area contributed by atoms with Crippen molar-refractivity contribution in [3.05, 3.63) is 12.2 Å². The second-order valence-electron chi connectivity index (χ2n) is 5.48. The molecule has 1 saturated carbocycles. The average Bonchev–Trinajstić information content (AvgIpc) is 2.91. The summed E-state index contributed by atoms with van der Waals surface area (Å²) in [6.07, 6.45) is 3.26. The van der Waals surface area contributed by atoms with Crippen LogP contribution in [0.5, 0.6) is 0 Å². The van der Waals surface area contributed by atoms with E-state index in [0.717, 1.165) is 0 Å². The van der Waals surface area contributed by atoms with Gasteiger partial charge in [0.1, 0.15) is 17.4 Å². The number of carbonyl (C=O) groups is 4. The molecule has 20 heavy (non-hydrogen) atoms. The van der Waals surface area contributed by atoms with Gasteiger partial charge in [-0.05, 0) is 0 Å². The summed E-state index contributed by atoms with van der Waals surface area (Å²) < 4.78 is 14.8. The molecule has 0 aromatic heterocycles. The molecule has 3 aliphatic carbocycles. The Bertz CT molecular complexity index is 562. The normalized spacial score (nSPS) is 48.1. The molecular formula is C13H10O7. The number of hydrogen-bond donors (Lipinski definition) is 0. The molecule has 5 rings (SSSR count). The van der Waals surface area contributed by atoms with Crippen molar-refractivity contribution in [2.24, 2.45) is 29.6 Å². The predicted octanol–water partition coefficient (Wildman–Crippen LogP) is -0.797. The van der Waals surface area contributed by atoms with Crippen LogP contribution in [0, 0.1) is 29.6 Å². The van der Waals surface area contributed by atoms with E-state index in [2.05, 4.69) is 0 Å². The van der Waals surface area contributed by atoms with Gasteiger partial charge in [0.15, 0.2) is 0 Å². The Morgan fingerprint density at radius 2 is 1.45 bits per heavy atom. The summed E-state index contributed by atoms with van der Waals surface area (Å²) in [5.74, 6) is -6.66. The van der Waals surface area contributed by atoms with E-state index in [1.165, 1.54) is 7.11 Å². The smallest absolute Gasteiger partial charge is 0.320 e. The summed E-state index contributed by atoms with van der Waals surface area (Å²) >= 11 is 0. The highest BCUT2D eigenvalue weighted by atomic mass is 16.6. The summed E-state index contributed by atoms with van der Waals surface area (Å²) in [7, 11) is 1.34. The fraction of sp³-hybridized carbons (Fsp3) is 0.538. The third-order valence-corrected chi connectivity index (χ3v) is 4.91. The molecule has 6 atom stereocenters. The van der Waals surface area contributed by atoms with Crippen molar-refractivity contribution in [1.82, 2.24) is 0 Å². The van der Waals surface area contributed by atoms with Crippen LogP contribution in [0.3, 0.4) is 0 Å². The highest BCUT2D eigenvalue weighted by Gasteiger charge is 2.74. The topological polar surface area (TPSA) is 96.0 Å². The van der Waals surface area contributed by atoms with E-state index >= 15 is 0 Å². The largest absolute Gasteiger partial charge is 0.393 e. The van der Waals surface area contributed by atoms with E-state index < -0.39 is 59.1 Å². The van der Waals surface area contributed by atoms with E-state index in [-0.39, 0.29) is 0 Å². The monoisotopic (exact) mass is 278 g/mol. The van der Waals surface area contributed by atoms with Crippen LogP contribution >= 0.6 is 0 Å². The molecule has 0 aromatic carbocycles. The molecule has 0 N–H and O–H groups in total. The molecule has 5 aliphatic rings. The van der Waals surface area contributed by atoms with Crippen molar-refractivity contribution in [3.8, 4) is 0 Å². The molecule has 104 valence electrons. The van der Waals surface area contributed by atoms with Crippen LogP contribution in [-0.4, -0.2) is 36.6 Å². The molecule has 7 nitrogen and oxygen atoms in total. The maximum Gasteiger partial charge on any atom is 0.320 e. The lowest BCUT2D eigenvalue weighted by molar-refractivity contribution is -0.170. The molecule has 0 spiro atoms. The lowest BCUT2D eigenvalue weighted by atomic mass is 9.52. The number of methoxy groups -OCH3 is 1. The van der Waals surface area contributed by atoms with Gasteiger partial charge in [-0.2, -0.15) is 0 Å². The summed E-state index contributed by atoms with van der Waals surface area (Å²) in [5.41, 5.74) is -1.34. The van der Waals surface area contributed by atoms with Crippen LogP contribution in [0.25, 0.3) is 0 Å². The minimum absolute atomic E-state index is 0.556. The molecule has 0 radical (unpaired) electrons. The summed E-state index contributed by atoms with van der Waals surface area (Å²) in [4.78, 5) is 47.7. The highest BCUT2D eigenvalue weighted by molar-refractivity contribution is 6.04. The zero-order valence-corrected chi connectivity index (χ0v) is 10.4. The average molecular weight is 278 g/mol. The number of rotatable bonds is 1. The molecule has 2 bridgehead atoms. The summed E-state index contributed by atoms with van der Waals surface area (Å²) in [6.45, 7) is 0. The van der Waals surface area contributed by atoms with E-state index in [1.807, 2.05) is 0 Å². The van der Waals surface area contributed by atoms with Crippen molar-refractivity contribution in [3.63, 3.8) is 0 Å². The first-order chi connectivity index (χ1) is 9.51. The van der Waals surface area contributed by atoms with Crippen LogP contribution in [0.4, 0.5) is 0 Å². The fourth-order valence-electron chi connectivity index (χ4n) is 4.16. The zero-order chi connectivity index (χ0) is 14.2. The van der Waals surface area contributed by atoms with Gasteiger partial charge in [-0.3, -0.25) is 19.2 Å². The minimum atomic E-state index is -1.34. The number of esters is 4. The van der Waals surface area contributed by atoms with Crippen LogP contribution < -0.4 is 0 Å². The molecule has 0 amide bonds. The highest BCUT2D eigenvalue weighted by Crippen LogP contribution is 2.60. The number of allylic oxidation sites excluding steroid dienone is 1. The fourth-order valence-corrected chi connectivity index (χ4v) is 4.16. The van der Waals surface area contributed by atoms with Crippen LogP contribution in [0.2, 0.25) is 0 Å². The van der Waals surface area contributed by atoms with Gasteiger partial charge in [0.05, 0.1) is 11.8 Å². The van der Waals surface area contributed by atoms with Crippen LogP contribution in [-0.2, 0) is 33.4 Å². The molecule has 2 unspecified atom stereocenters. The Labute approximate surface area is 112 Å². The first-order valence-electron chi connectivity index (χ1n) is 6.27. The van der Waals surface area contributed by atoms with Gasteiger partial charge in [-0.1, -0.05) is 12.2 Å². The van der Waals surface area contributed by atoms with Crippen molar-refractivity contribution in [1.29, 1.82) is 0 Å². The second-order valence-corrected chi connectivity index (χ2v) is 5.48. The Balaban J connectivity index is 1.96. The number of cyclic esters (lactones) is 4. The van der Waals surface area contributed by atoms with Crippen LogP contribution in [0.15, 0.2) is 12.2 Å². The minimum Gasteiger partial charge on any atom is -0.393 e. The van der Waals surface area contributed by atoms with Crippen LogP contribution in [0.1, 0.15) is 0 Å². The van der Waals surface area contributed by atoms with Gasteiger partial charge in [0, 0.05) is 13.0 Å². The number of carbonyl (C=O) groups excluding carboxylic acids is 4. The van der Waals surface area contributed by atoms with Gasteiger partial charge in [0.25, 0.3) is 0 Å². The van der Waals surface area contributed by atoms with E-state index in [9.17, 15) is 19.2 Å². The standard InChI is InChI=1S/C13H10O7/c1-18-13-3-2-4(5-7(13)11(16)19-9(5)14)6-8(13)12(17)20-10(6)15/h2-8H,1H3/t4?,5-,6+,7+,8-,13?. The predicted molar refractivity (Wildman–Crippen MR) is 58.5 cm³/mol. The summed E-state index contributed by atoms with van der Waals surface area (Å²) in [6, 6.07) is 0. The molecule has 2 heterocycles. The lowest BCUT2D eigenvalue weighted by Gasteiger charge is -2.50.